The van der Waals surface area contributed by atoms with Gasteiger partial charge in [-0.1, -0.05) is 63.2 Å². The van der Waals surface area contributed by atoms with E-state index in [1.165, 1.54) is 61.2 Å². The van der Waals surface area contributed by atoms with E-state index < -0.39 is 8.07 Å². The van der Waals surface area contributed by atoms with Crippen LogP contribution in [0.25, 0.3) is 54.3 Å². The molecule has 4 aromatic carbocycles. The van der Waals surface area contributed by atoms with E-state index in [0.717, 1.165) is 16.6 Å². The van der Waals surface area contributed by atoms with Crippen molar-refractivity contribution in [3.05, 3.63) is 66.9 Å². The maximum Gasteiger partial charge on any atom is 0.134 e. The van der Waals surface area contributed by atoms with Gasteiger partial charge >= 0.3 is 0 Å². The Morgan fingerprint density at radius 3 is 1.84 bits per heavy atom. The first-order valence-electron chi connectivity index (χ1n) is 11.4. The van der Waals surface area contributed by atoms with Crippen molar-refractivity contribution in [2.24, 2.45) is 0 Å². The fourth-order valence-electron chi connectivity index (χ4n) is 5.40. The molecule has 2 nitrogen and oxygen atoms in total. The minimum atomic E-state index is -1.54. The summed E-state index contributed by atoms with van der Waals surface area (Å²) >= 11 is 0. The smallest absolute Gasteiger partial charge is 0.134 e. The zero-order chi connectivity index (χ0) is 21.2. The Kier molecular flexibility index (Phi) is 4.06. The van der Waals surface area contributed by atoms with Crippen LogP contribution >= 0.6 is 0 Å². The summed E-state index contributed by atoms with van der Waals surface area (Å²) in [6, 6.07) is 26.0. The van der Waals surface area contributed by atoms with Crippen molar-refractivity contribution in [1.82, 2.24) is 0 Å². The van der Waals surface area contributed by atoms with Gasteiger partial charge < -0.3 is 8.83 Å². The van der Waals surface area contributed by atoms with Crippen LogP contribution < -0.4 is 5.38 Å². The van der Waals surface area contributed by atoms with Crippen molar-refractivity contribution < 1.29 is 8.83 Å². The molecular weight excluding hydrogens is 396 g/mol. The summed E-state index contributed by atoms with van der Waals surface area (Å²) in [4.78, 5) is 0. The number of hydrogen-bond donors (Lipinski definition) is 0. The fraction of sp³-hybridized carbons (Fsp3) is 0.214. The molecule has 0 saturated heterocycles. The van der Waals surface area contributed by atoms with Crippen molar-refractivity contribution in [2.45, 2.75) is 38.9 Å². The molecule has 0 fully saturated rings. The van der Waals surface area contributed by atoms with Gasteiger partial charge in [0.2, 0.25) is 0 Å². The van der Waals surface area contributed by atoms with Gasteiger partial charge in [-0.15, -0.1) is 0 Å². The SMILES string of the molecule is CC[Si](CC)(CC)c1cc2cc3c(ccc4c5cc6ccoc6cc5ccc34)cc2o1. The maximum absolute atomic E-state index is 6.49. The molecule has 2 heterocycles. The fourth-order valence-corrected chi connectivity index (χ4v) is 8.73. The summed E-state index contributed by atoms with van der Waals surface area (Å²) in [6.45, 7) is 7.00. The third-order valence-electron chi connectivity index (χ3n) is 7.60. The second-order valence-electron chi connectivity index (χ2n) is 8.82. The van der Waals surface area contributed by atoms with Crippen LogP contribution in [0.4, 0.5) is 0 Å². The predicted molar refractivity (Wildman–Crippen MR) is 135 cm³/mol. The molecule has 6 aromatic rings. The first-order chi connectivity index (χ1) is 15.2. The topological polar surface area (TPSA) is 26.3 Å². The van der Waals surface area contributed by atoms with E-state index in [2.05, 4.69) is 75.4 Å². The summed E-state index contributed by atoms with van der Waals surface area (Å²) in [5, 5.41) is 11.2. The van der Waals surface area contributed by atoms with Crippen molar-refractivity contribution in [2.75, 3.05) is 0 Å². The Morgan fingerprint density at radius 2 is 1.19 bits per heavy atom. The second kappa shape index (κ2) is 6.73. The molecule has 3 heteroatoms. The summed E-state index contributed by atoms with van der Waals surface area (Å²) in [5.74, 6) is 0. The van der Waals surface area contributed by atoms with Gasteiger partial charge in [-0.3, -0.25) is 0 Å². The Bertz CT molecular complexity index is 1590. The van der Waals surface area contributed by atoms with Crippen molar-refractivity contribution in [1.29, 1.82) is 0 Å². The molecule has 0 aliphatic heterocycles. The molecular formula is C28H26O2Si. The second-order valence-corrected chi connectivity index (χ2v) is 14.0. The van der Waals surface area contributed by atoms with E-state index in [9.17, 15) is 0 Å². The first kappa shape index (κ1) is 18.7. The predicted octanol–water partition coefficient (Wildman–Crippen LogP) is 8.35. The van der Waals surface area contributed by atoms with Crippen LogP contribution in [-0.2, 0) is 0 Å². The van der Waals surface area contributed by atoms with Crippen LogP contribution in [0.15, 0.2) is 75.8 Å². The van der Waals surface area contributed by atoms with Crippen LogP contribution in [0.3, 0.4) is 0 Å². The van der Waals surface area contributed by atoms with Gasteiger partial charge in [-0.2, -0.15) is 0 Å². The lowest BCUT2D eigenvalue weighted by molar-refractivity contribution is 0.616. The third kappa shape index (κ3) is 2.63. The molecule has 2 aromatic heterocycles. The lowest BCUT2D eigenvalue weighted by atomic mass is 9.96. The van der Waals surface area contributed by atoms with Gasteiger partial charge in [-0.25, -0.2) is 0 Å². The highest BCUT2D eigenvalue weighted by molar-refractivity contribution is 6.91. The standard InChI is InChI=1S/C28H26O2Si/c1-4-31(5-2,6-3)28-17-21-14-25-19(16-27(21)30-28)8-10-22-23(25)9-7-18-15-26-20(11-12-29-26)13-24(18)22/h7-17H,4-6H2,1-3H3. The molecule has 0 bridgehead atoms. The molecule has 0 spiro atoms. The zero-order valence-corrected chi connectivity index (χ0v) is 19.3. The lowest BCUT2D eigenvalue weighted by Gasteiger charge is -2.24. The van der Waals surface area contributed by atoms with E-state index >= 15 is 0 Å². The number of furan rings is 2. The molecule has 0 aliphatic rings. The minimum absolute atomic E-state index is 0.940. The Labute approximate surface area is 182 Å². The van der Waals surface area contributed by atoms with Crippen LogP contribution in [0.2, 0.25) is 18.1 Å². The average molecular weight is 423 g/mol. The quantitative estimate of drug-likeness (QED) is 0.211. The first-order valence-corrected chi connectivity index (χ1v) is 14.0. The Hall–Kier alpha value is -3.04. The normalized spacial score (nSPS) is 12.7. The summed E-state index contributed by atoms with van der Waals surface area (Å²) in [5.41, 5.74) is 1.96. The zero-order valence-electron chi connectivity index (χ0n) is 18.3. The molecule has 154 valence electrons. The molecule has 6 rings (SSSR count). The maximum atomic E-state index is 6.49. The van der Waals surface area contributed by atoms with Crippen LogP contribution in [0, 0.1) is 0 Å². The highest BCUT2D eigenvalue weighted by Gasteiger charge is 2.33. The van der Waals surface area contributed by atoms with Gasteiger partial charge in [-0.05, 0) is 68.7 Å². The molecule has 0 atom stereocenters. The number of benzene rings is 4. The van der Waals surface area contributed by atoms with E-state index in [1.54, 1.807) is 6.26 Å². The molecule has 0 saturated carbocycles. The van der Waals surface area contributed by atoms with E-state index in [4.69, 9.17) is 8.83 Å². The summed E-state index contributed by atoms with van der Waals surface area (Å²) in [6.07, 6.45) is 1.76. The van der Waals surface area contributed by atoms with E-state index in [1.807, 2.05) is 6.07 Å². The summed E-state index contributed by atoms with van der Waals surface area (Å²) < 4.78 is 12.1. The monoisotopic (exact) mass is 422 g/mol. The van der Waals surface area contributed by atoms with Gasteiger partial charge in [0.1, 0.15) is 19.2 Å². The lowest BCUT2D eigenvalue weighted by Crippen LogP contribution is -2.44. The number of fused-ring (bicyclic) bond motifs is 7. The third-order valence-corrected chi connectivity index (χ3v) is 12.9. The van der Waals surface area contributed by atoms with E-state index in [0.29, 0.717) is 0 Å². The highest BCUT2D eigenvalue weighted by Crippen LogP contribution is 2.36. The number of rotatable bonds is 4. The molecule has 0 radical (unpaired) electrons. The molecule has 0 aliphatic carbocycles. The molecule has 0 amide bonds. The Morgan fingerprint density at radius 1 is 0.581 bits per heavy atom. The van der Waals surface area contributed by atoms with Gasteiger partial charge in [0.15, 0.2) is 0 Å². The van der Waals surface area contributed by atoms with Gasteiger partial charge in [0.25, 0.3) is 0 Å². The van der Waals surface area contributed by atoms with Crippen LogP contribution in [0.5, 0.6) is 0 Å². The largest absolute Gasteiger partial charge is 0.466 e. The molecule has 31 heavy (non-hydrogen) atoms. The van der Waals surface area contributed by atoms with Crippen LogP contribution in [-0.4, -0.2) is 8.07 Å². The average Bonchev–Trinajstić information content (AvgIpc) is 3.43. The van der Waals surface area contributed by atoms with Crippen LogP contribution in [0.1, 0.15) is 20.8 Å². The van der Waals surface area contributed by atoms with E-state index in [-0.39, 0.29) is 0 Å². The molecule has 0 unspecified atom stereocenters. The Balaban J connectivity index is 1.64. The van der Waals surface area contributed by atoms with Crippen molar-refractivity contribution in [3.8, 4) is 0 Å². The highest BCUT2D eigenvalue weighted by atomic mass is 28.3. The van der Waals surface area contributed by atoms with Crippen molar-refractivity contribution in [3.63, 3.8) is 0 Å². The summed E-state index contributed by atoms with van der Waals surface area (Å²) in [7, 11) is -1.54. The van der Waals surface area contributed by atoms with Gasteiger partial charge in [0.05, 0.1) is 11.6 Å². The van der Waals surface area contributed by atoms with Gasteiger partial charge in [0, 0.05) is 10.8 Å². The van der Waals surface area contributed by atoms with Crippen molar-refractivity contribution >= 4 is 67.7 Å². The molecule has 0 N–H and O–H groups in total. The minimum Gasteiger partial charge on any atom is -0.466 e. The number of hydrogen-bond acceptors (Lipinski definition) is 2.